The maximum absolute atomic E-state index is 9.32. The van der Waals surface area contributed by atoms with Crippen LogP contribution in [0, 0.1) is 6.92 Å². The van der Waals surface area contributed by atoms with Crippen molar-refractivity contribution in [3.63, 3.8) is 0 Å². The Morgan fingerprint density at radius 3 is 2.33 bits per heavy atom. The van der Waals surface area contributed by atoms with Gasteiger partial charge < -0.3 is 14.6 Å². The number of hydrogen-bond acceptors (Lipinski definition) is 3. The van der Waals surface area contributed by atoms with Gasteiger partial charge >= 0.3 is 0 Å². The lowest BCUT2D eigenvalue weighted by atomic mass is 10.0. The minimum atomic E-state index is 0. The third-order valence-corrected chi connectivity index (χ3v) is 3.65. The molecule has 0 aliphatic heterocycles. The molecule has 0 unspecified atom stereocenters. The Balaban J connectivity index is 0.00000288. The standard InChI is InChI=1S/C20H26O3.CH4/c1-3-4-9-22-10-11-23-20-7-5-18(6-8-20)19-13-16(2)12-17(14-19)15-21;/h5-8,12-14,21H,3-4,9-11,15H2,1-2H3;1H4. The molecule has 1 N–H and O–H groups in total. The van der Waals surface area contributed by atoms with E-state index in [1.165, 1.54) is 0 Å². The molecule has 0 fully saturated rings. The maximum atomic E-state index is 9.32. The Labute approximate surface area is 146 Å². The first-order chi connectivity index (χ1) is 11.2. The van der Waals surface area contributed by atoms with E-state index in [-0.39, 0.29) is 14.0 Å². The zero-order chi connectivity index (χ0) is 16.5. The number of aryl methyl sites for hydroxylation is 1. The number of hydrogen-bond donors (Lipinski definition) is 1. The Bertz CT molecular complexity index is 591. The zero-order valence-electron chi connectivity index (χ0n) is 14.0. The minimum absolute atomic E-state index is 0. The summed E-state index contributed by atoms with van der Waals surface area (Å²) >= 11 is 0. The van der Waals surface area contributed by atoms with Crippen molar-refractivity contribution in [2.75, 3.05) is 19.8 Å². The van der Waals surface area contributed by atoms with Crippen LogP contribution in [0.1, 0.15) is 38.3 Å². The molecule has 0 aliphatic carbocycles. The highest BCUT2D eigenvalue weighted by Gasteiger charge is 2.02. The second-order valence-corrected chi connectivity index (χ2v) is 5.70. The summed E-state index contributed by atoms with van der Waals surface area (Å²) in [6, 6.07) is 14.2. The predicted octanol–water partition coefficient (Wildman–Crippen LogP) is 4.99. The number of rotatable bonds is 9. The van der Waals surface area contributed by atoms with Gasteiger partial charge in [0.15, 0.2) is 0 Å². The molecule has 0 radical (unpaired) electrons. The summed E-state index contributed by atoms with van der Waals surface area (Å²) in [4.78, 5) is 0. The first kappa shape index (κ1) is 20.2. The van der Waals surface area contributed by atoms with Crippen LogP contribution in [0.25, 0.3) is 11.1 Å². The topological polar surface area (TPSA) is 38.7 Å². The molecule has 2 rings (SSSR count). The molecule has 3 heteroatoms. The van der Waals surface area contributed by atoms with Gasteiger partial charge in [-0.2, -0.15) is 0 Å². The molecular weight excluding hydrogens is 300 g/mol. The molecule has 24 heavy (non-hydrogen) atoms. The molecule has 132 valence electrons. The molecular formula is C21H30O3. The second kappa shape index (κ2) is 10.8. The van der Waals surface area contributed by atoms with Crippen LogP contribution < -0.4 is 4.74 Å². The second-order valence-electron chi connectivity index (χ2n) is 5.70. The lowest BCUT2D eigenvalue weighted by molar-refractivity contribution is 0.0981. The first-order valence-corrected chi connectivity index (χ1v) is 8.25. The van der Waals surface area contributed by atoms with E-state index >= 15 is 0 Å². The van der Waals surface area contributed by atoms with Crippen molar-refractivity contribution >= 4 is 0 Å². The van der Waals surface area contributed by atoms with E-state index in [0.29, 0.717) is 13.2 Å². The van der Waals surface area contributed by atoms with Gasteiger partial charge in [0.2, 0.25) is 0 Å². The Morgan fingerprint density at radius 1 is 0.917 bits per heavy atom. The van der Waals surface area contributed by atoms with Gasteiger partial charge in [-0.15, -0.1) is 0 Å². The SMILES string of the molecule is C.CCCCOCCOc1ccc(-c2cc(C)cc(CO)c2)cc1. The van der Waals surface area contributed by atoms with E-state index in [1.807, 2.05) is 43.3 Å². The van der Waals surface area contributed by atoms with Gasteiger partial charge in [0, 0.05) is 6.61 Å². The fraction of sp³-hybridized carbons (Fsp3) is 0.429. The molecule has 0 amide bonds. The quantitative estimate of drug-likeness (QED) is 0.659. The summed E-state index contributed by atoms with van der Waals surface area (Å²) < 4.78 is 11.2. The summed E-state index contributed by atoms with van der Waals surface area (Å²) in [5, 5.41) is 9.32. The van der Waals surface area contributed by atoms with Gasteiger partial charge in [-0.1, -0.05) is 50.6 Å². The van der Waals surface area contributed by atoms with Crippen molar-refractivity contribution in [1.29, 1.82) is 0 Å². The van der Waals surface area contributed by atoms with E-state index in [0.717, 1.165) is 47.5 Å². The smallest absolute Gasteiger partial charge is 0.119 e. The van der Waals surface area contributed by atoms with Crippen molar-refractivity contribution in [2.45, 2.75) is 40.7 Å². The Kier molecular flexibility index (Phi) is 9.13. The highest BCUT2D eigenvalue weighted by Crippen LogP contribution is 2.24. The molecule has 2 aromatic carbocycles. The average molecular weight is 330 g/mol. The zero-order valence-corrected chi connectivity index (χ0v) is 14.0. The monoisotopic (exact) mass is 330 g/mol. The van der Waals surface area contributed by atoms with Crippen LogP contribution in [-0.2, 0) is 11.3 Å². The fourth-order valence-corrected chi connectivity index (χ4v) is 2.43. The summed E-state index contributed by atoms with van der Waals surface area (Å²) in [5.74, 6) is 0.850. The summed E-state index contributed by atoms with van der Waals surface area (Å²) in [6.07, 6.45) is 2.25. The first-order valence-electron chi connectivity index (χ1n) is 8.25. The minimum Gasteiger partial charge on any atom is -0.491 e. The Morgan fingerprint density at radius 2 is 1.67 bits per heavy atom. The summed E-state index contributed by atoms with van der Waals surface area (Å²) in [5.41, 5.74) is 4.32. The van der Waals surface area contributed by atoms with E-state index in [2.05, 4.69) is 13.0 Å². The lowest BCUT2D eigenvalue weighted by Crippen LogP contribution is -2.07. The number of aliphatic hydroxyl groups is 1. The van der Waals surface area contributed by atoms with E-state index in [1.54, 1.807) is 0 Å². The van der Waals surface area contributed by atoms with Crippen molar-refractivity contribution < 1.29 is 14.6 Å². The number of aliphatic hydroxyl groups excluding tert-OH is 1. The molecule has 0 aromatic heterocycles. The van der Waals surface area contributed by atoms with Crippen LogP contribution in [0.2, 0.25) is 0 Å². The average Bonchev–Trinajstić information content (AvgIpc) is 2.58. The molecule has 2 aromatic rings. The molecule has 0 saturated carbocycles. The number of benzene rings is 2. The van der Waals surface area contributed by atoms with E-state index in [9.17, 15) is 5.11 Å². The van der Waals surface area contributed by atoms with Crippen LogP contribution >= 0.6 is 0 Å². The van der Waals surface area contributed by atoms with Crippen LogP contribution in [-0.4, -0.2) is 24.9 Å². The highest BCUT2D eigenvalue weighted by molar-refractivity contribution is 5.65. The van der Waals surface area contributed by atoms with E-state index < -0.39 is 0 Å². The van der Waals surface area contributed by atoms with Crippen molar-refractivity contribution in [1.82, 2.24) is 0 Å². The predicted molar refractivity (Wildman–Crippen MR) is 100 cm³/mol. The van der Waals surface area contributed by atoms with Crippen LogP contribution in [0.15, 0.2) is 42.5 Å². The highest BCUT2D eigenvalue weighted by atomic mass is 16.5. The molecule has 0 heterocycles. The van der Waals surface area contributed by atoms with Gasteiger partial charge in [-0.3, -0.25) is 0 Å². The molecule has 0 aliphatic rings. The number of ether oxygens (including phenoxy) is 2. The van der Waals surface area contributed by atoms with Gasteiger partial charge in [0.25, 0.3) is 0 Å². The van der Waals surface area contributed by atoms with Crippen LogP contribution in [0.4, 0.5) is 0 Å². The molecule has 3 nitrogen and oxygen atoms in total. The van der Waals surface area contributed by atoms with Crippen molar-refractivity contribution in [3.8, 4) is 16.9 Å². The van der Waals surface area contributed by atoms with Crippen molar-refractivity contribution in [3.05, 3.63) is 53.6 Å². The van der Waals surface area contributed by atoms with Gasteiger partial charge in [0.05, 0.1) is 13.2 Å². The van der Waals surface area contributed by atoms with Crippen molar-refractivity contribution in [2.24, 2.45) is 0 Å². The fourth-order valence-electron chi connectivity index (χ4n) is 2.43. The maximum Gasteiger partial charge on any atom is 0.119 e. The molecule has 0 spiro atoms. The molecule has 0 atom stereocenters. The van der Waals surface area contributed by atoms with Gasteiger partial charge in [-0.05, 0) is 48.2 Å². The summed E-state index contributed by atoms with van der Waals surface area (Å²) in [7, 11) is 0. The lowest BCUT2D eigenvalue weighted by Gasteiger charge is -2.09. The van der Waals surface area contributed by atoms with Gasteiger partial charge in [-0.25, -0.2) is 0 Å². The third-order valence-electron chi connectivity index (χ3n) is 3.65. The molecule has 0 saturated heterocycles. The summed E-state index contributed by atoms with van der Waals surface area (Å²) in [6.45, 7) is 6.26. The van der Waals surface area contributed by atoms with Crippen LogP contribution in [0.5, 0.6) is 5.75 Å². The third kappa shape index (κ3) is 6.34. The Hall–Kier alpha value is -1.84. The largest absolute Gasteiger partial charge is 0.491 e. The number of unbranched alkanes of at least 4 members (excludes halogenated alkanes) is 1. The van der Waals surface area contributed by atoms with E-state index in [4.69, 9.17) is 9.47 Å². The van der Waals surface area contributed by atoms with Crippen LogP contribution in [0.3, 0.4) is 0 Å². The normalized spacial score (nSPS) is 10.3. The molecule has 0 bridgehead atoms. The van der Waals surface area contributed by atoms with Gasteiger partial charge in [0.1, 0.15) is 12.4 Å².